The van der Waals surface area contributed by atoms with Crippen LogP contribution in [0.3, 0.4) is 0 Å². The number of aliphatic imine (C=N–C) groups is 1. The Morgan fingerprint density at radius 2 is 1.84 bits per heavy atom. The van der Waals surface area contributed by atoms with E-state index in [1.807, 2.05) is 39.0 Å². The first-order valence-corrected chi connectivity index (χ1v) is 8.46. The van der Waals surface area contributed by atoms with Crippen LogP contribution in [0.15, 0.2) is 35.3 Å². The molecule has 0 aromatic heterocycles. The Kier molecular flexibility index (Phi) is 4.52. The second-order valence-corrected chi connectivity index (χ2v) is 7.17. The molecule has 0 amide bonds. The fourth-order valence-electron chi connectivity index (χ4n) is 3.72. The van der Waals surface area contributed by atoms with Crippen LogP contribution in [-0.2, 0) is 0 Å². The molecule has 0 aliphatic heterocycles. The SMILES string of the molecule is Bc1cc(-c2cc(C)c(C3CC(C(C)(F)F)C3)c(F)c2)ccc1N=C. The molecule has 1 nitrogen and oxygen atoms in total. The van der Waals surface area contributed by atoms with Crippen LogP contribution in [0, 0.1) is 18.7 Å². The van der Waals surface area contributed by atoms with Gasteiger partial charge in [-0.05, 0) is 73.7 Å². The van der Waals surface area contributed by atoms with Crippen molar-refractivity contribution in [3.63, 3.8) is 0 Å². The average Bonchev–Trinajstić information content (AvgIpc) is 2.47. The van der Waals surface area contributed by atoms with Crippen molar-refractivity contribution >= 4 is 25.7 Å². The van der Waals surface area contributed by atoms with Gasteiger partial charge in [-0.3, -0.25) is 4.99 Å². The summed E-state index contributed by atoms with van der Waals surface area (Å²) in [6.45, 7) is 6.33. The molecule has 0 N–H and O–H groups in total. The third-order valence-corrected chi connectivity index (χ3v) is 5.30. The summed E-state index contributed by atoms with van der Waals surface area (Å²) in [4.78, 5) is 3.94. The summed E-state index contributed by atoms with van der Waals surface area (Å²) >= 11 is 0. The van der Waals surface area contributed by atoms with Crippen molar-refractivity contribution in [3.8, 4) is 11.1 Å². The fraction of sp³-hybridized carbons (Fsp3) is 0.350. The third-order valence-electron chi connectivity index (χ3n) is 5.30. The van der Waals surface area contributed by atoms with E-state index in [0.29, 0.717) is 18.4 Å². The van der Waals surface area contributed by atoms with Gasteiger partial charge in [0.1, 0.15) is 13.7 Å². The van der Waals surface area contributed by atoms with E-state index in [0.717, 1.165) is 34.8 Å². The van der Waals surface area contributed by atoms with Crippen molar-refractivity contribution < 1.29 is 13.2 Å². The van der Waals surface area contributed by atoms with E-state index in [1.165, 1.54) is 6.07 Å². The van der Waals surface area contributed by atoms with Gasteiger partial charge >= 0.3 is 0 Å². The molecular weight excluding hydrogens is 322 g/mol. The molecule has 3 rings (SSSR count). The molecule has 1 aliphatic rings. The number of aryl methyl sites for hydroxylation is 1. The summed E-state index contributed by atoms with van der Waals surface area (Å²) < 4.78 is 41.4. The fourth-order valence-corrected chi connectivity index (χ4v) is 3.72. The average molecular weight is 343 g/mol. The monoisotopic (exact) mass is 343 g/mol. The van der Waals surface area contributed by atoms with Gasteiger partial charge < -0.3 is 0 Å². The number of benzene rings is 2. The molecule has 1 aliphatic carbocycles. The van der Waals surface area contributed by atoms with Gasteiger partial charge in [0.05, 0.1) is 5.69 Å². The van der Waals surface area contributed by atoms with Crippen molar-refractivity contribution in [3.05, 3.63) is 47.3 Å². The first kappa shape index (κ1) is 17.8. The highest BCUT2D eigenvalue weighted by Gasteiger charge is 2.45. The van der Waals surface area contributed by atoms with Gasteiger partial charge in [-0.15, -0.1) is 0 Å². The lowest BCUT2D eigenvalue weighted by Crippen LogP contribution is -2.36. The molecule has 130 valence electrons. The van der Waals surface area contributed by atoms with Crippen molar-refractivity contribution in [1.29, 1.82) is 0 Å². The topological polar surface area (TPSA) is 12.4 Å². The molecule has 1 saturated carbocycles. The van der Waals surface area contributed by atoms with Gasteiger partial charge in [0.2, 0.25) is 5.92 Å². The minimum atomic E-state index is -2.68. The van der Waals surface area contributed by atoms with Crippen LogP contribution in [0.5, 0.6) is 0 Å². The standard InChI is InChI=1S/C20H21BF3N/c1-11-6-13(12-4-5-18(25-3)16(21)9-12)10-17(22)19(11)14-7-15(8-14)20(2,23)24/h4-6,9-10,14-15H,3,7-8,21H2,1-2H3. The first-order valence-electron chi connectivity index (χ1n) is 8.46. The number of halogens is 3. The summed E-state index contributed by atoms with van der Waals surface area (Å²) in [5.41, 5.74) is 4.88. The van der Waals surface area contributed by atoms with Crippen LogP contribution < -0.4 is 5.46 Å². The predicted molar refractivity (Wildman–Crippen MR) is 100 cm³/mol. The van der Waals surface area contributed by atoms with E-state index in [4.69, 9.17) is 0 Å². The van der Waals surface area contributed by atoms with E-state index in [2.05, 4.69) is 11.7 Å². The molecule has 1 fully saturated rings. The Hall–Kier alpha value is -2.04. The van der Waals surface area contributed by atoms with E-state index in [-0.39, 0.29) is 11.7 Å². The van der Waals surface area contributed by atoms with Crippen LogP contribution in [0.25, 0.3) is 11.1 Å². The highest BCUT2D eigenvalue weighted by molar-refractivity contribution is 6.36. The molecule has 2 aromatic carbocycles. The summed E-state index contributed by atoms with van der Waals surface area (Å²) in [6.07, 6.45) is 0.693. The number of hydrogen-bond acceptors (Lipinski definition) is 1. The quantitative estimate of drug-likeness (QED) is 0.571. The van der Waals surface area contributed by atoms with Gasteiger partial charge in [-0.25, -0.2) is 13.2 Å². The minimum Gasteiger partial charge on any atom is -0.265 e. The maximum Gasteiger partial charge on any atom is 0.248 e. The van der Waals surface area contributed by atoms with Crippen LogP contribution in [-0.4, -0.2) is 20.5 Å². The molecule has 0 atom stereocenters. The highest BCUT2D eigenvalue weighted by atomic mass is 19.3. The van der Waals surface area contributed by atoms with Gasteiger partial charge in [-0.2, -0.15) is 0 Å². The third kappa shape index (κ3) is 3.37. The summed E-state index contributed by atoms with van der Waals surface area (Å²) in [6, 6.07) is 9.15. The van der Waals surface area contributed by atoms with Crippen LogP contribution in [0.4, 0.5) is 18.9 Å². The number of nitrogens with zero attached hydrogens (tertiary/aromatic N) is 1. The van der Waals surface area contributed by atoms with E-state index < -0.39 is 11.8 Å². The van der Waals surface area contributed by atoms with Gasteiger partial charge in [0.15, 0.2) is 0 Å². The number of rotatable bonds is 4. The van der Waals surface area contributed by atoms with Crippen molar-refractivity contribution in [2.24, 2.45) is 10.9 Å². The molecule has 0 bridgehead atoms. The molecule has 0 radical (unpaired) electrons. The van der Waals surface area contributed by atoms with Crippen molar-refractivity contribution in [2.45, 2.75) is 38.5 Å². The number of hydrogen-bond donors (Lipinski definition) is 0. The lowest BCUT2D eigenvalue weighted by molar-refractivity contribution is -0.0779. The van der Waals surface area contributed by atoms with E-state index >= 15 is 0 Å². The Balaban J connectivity index is 1.89. The Bertz CT molecular complexity index is 797. The Morgan fingerprint density at radius 1 is 1.16 bits per heavy atom. The zero-order valence-electron chi connectivity index (χ0n) is 14.7. The minimum absolute atomic E-state index is 0.112. The first-order chi connectivity index (χ1) is 11.7. The zero-order chi connectivity index (χ0) is 18.4. The summed E-state index contributed by atoms with van der Waals surface area (Å²) in [5, 5.41) is 0. The van der Waals surface area contributed by atoms with Crippen molar-refractivity contribution in [1.82, 2.24) is 0 Å². The number of alkyl halides is 2. The van der Waals surface area contributed by atoms with Crippen LogP contribution >= 0.6 is 0 Å². The molecule has 0 saturated heterocycles. The Labute approximate surface area is 147 Å². The Morgan fingerprint density at radius 3 is 2.36 bits per heavy atom. The van der Waals surface area contributed by atoms with Crippen LogP contribution in [0.1, 0.15) is 36.8 Å². The second kappa shape index (κ2) is 6.36. The second-order valence-electron chi connectivity index (χ2n) is 7.17. The molecule has 0 unspecified atom stereocenters. The molecule has 5 heteroatoms. The van der Waals surface area contributed by atoms with Gasteiger partial charge in [-0.1, -0.05) is 23.7 Å². The maximum absolute atomic E-state index is 14.7. The summed E-state index contributed by atoms with van der Waals surface area (Å²) in [5.74, 6) is -3.74. The summed E-state index contributed by atoms with van der Waals surface area (Å²) in [7, 11) is 1.94. The largest absolute Gasteiger partial charge is 0.265 e. The van der Waals surface area contributed by atoms with Crippen molar-refractivity contribution in [2.75, 3.05) is 0 Å². The van der Waals surface area contributed by atoms with Gasteiger partial charge in [0, 0.05) is 5.92 Å². The van der Waals surface area contributed by atoms with E-state index in [1.54, 1.807) is 0 Å². The molecule has 0 heterocycles. The molecular formula is C20H21BF3N. The maximum atomic E-state index is 14.7. The smallest absolute Gasteiger partial charge is 0.248 e. The molecule has 25 heavy (non-hydrogen) atoms. The molecule has 0 spiro atoms. The zero-order valence-corrected chi connectivity index (χ0v) is 14.7. The van der Waals surface area contributed by atoms with E-state index in [9.17, 15) is 13.2 Å². The normalized spacial score (nSPS) is 20.2. The molecule has 2 aromatic rings. The van der Waals surface area contributed by atoms with Crippen LogP contribution in [0.2, 0.25) is 0 Å². The van der Waals surface area contributed by atoms with Gasteiger partial charge in [0.25, 0.3) is 0 Å². The predicted octanol–water partition coefficient (Wildman–Crippen LogP) is 4.54. The highest BCUT2D eigenvalue weighted by Crippen LogP contribution is 2.50. The lowest BCUT2D eigenvalue weighted by atomic mass is 9.68. The lowest BCUT2D eigenvalue weighted by Gasteiger charge is -2.39.